The van der Waals surface area contributed by atoms with Crippen LogP contribution in [0.25, 0.3) is 6.08 Å². The normalized spacial score (nSPS) is 12.4. The summed E-state index contributed by atoms with van der Waals surface area (Å²) < 4.78 is 27.2. The van der Waals surface area contributed by atoms with E-state index in [1.807, 2.05) is 30.3 Å². The van der Waals surface area contributed by atoms with Crippen LogP contribution in [0.1, 0.15) is 5.56 Å². The monoisotopic (exact) mass is 277 g/mol. The van der Waals surface area contributed by atoms with E-state index in [1.165, 1.54) is 12.3 Å². The zero-order chi connectivity index (χ0) is 12.8. The van der Waals surface area contributed by atoms with E-state index >= 15 is 0 Å². The van der Waals surface area contributed by atoms with Crippen molar-refractivity contribution >= 4 is 33.7 Å². The van der Waals surface area contributed by atoms with Crippen molar-refractivity contribution in [3.8, 4) is 0 Å². The lowest BCUT2D eigenvalue weighted by molar-refractivity contribution is 0.600. The van der Waals surface area contributed by atoms with E-state index in [-0.39, 0.29) is 4.21 Å². The molecule has 3 nitrogen and oxygen atoms in total. The summed E-state index contributed by atoms with van der Waals surface area (Å²) in [6, 6.07) is 12.8. The maximum atomic E-state index is 11.7. The number of benzene rings is 1. The summed E-state index contributed by atoms with van der Waals surface area (Å²) in [5.74, 6) is 0. The van der Waals surface area contributed by atoms with Crippen LogP contribution in [0, 0.1) is 0 Å². The van der Waals surface area contributed by atoms with Crippen LogP contribution in [-0.2, 0) is 10.0 Å². The van der Waals surface area contributed by atoms with Crippen LogP contribution < -0.4 is 0 Å². The van der Waals surface area contributed by atoms with Gasteiger partial charge in [-0.1, -0.05) is 42.5 Å². The summed E-state index contributed by atoms with van der Waals surface area (Å²) in [6.07, 6.45) is 4.70. The molecule has 0 spiro atoms. The van der Waals surface area contributed by atoms with Crippen molar-refractivity contribution in [2.45, 2.75) is 4.21 Å². The van der Waals surface area contributed by atoms with Crippen molar-refractivity contribution < 1.29 is 8.42 Å². The van der Waals surface area contributed by atoms with E-state index in [9.17, 15) is 8.42 Å². The second-order valence-corrected chi connectivity index (χ2v) is 6.24. The fourth-order valence-electron chi connectivity index (χ4n) is 1.30. The van der Waals surface area contributed by atoms with Crippen LogP contribution in [0.5, 0.6) is 0 Å². The summed E-state index contributed by atoms with van der Waals surface area (Å²) in [5.41, 5.74) is 0.998. The molecule has 2 rings (SSSR count). The van der Waals surface area contributed by atoms with Crippen molar-refractivity contribution in [3.05, 3.63) is 59.5 Å². The molecule has 0 radical (unpaired) electrons. The molecule has 1 aromatic heterocycles. The molecular weight excluding hydrogens is 266 g/mol. The van der Waals surface area contributed by atoms with Crippen molar-refractivity contribution in [1.29, 1.82) is 0 Å². The fraction of sp³-hybridized carbons (Fsp3) is 0. The van der Waals surface area contributed by atoms with Gasteiger partial charge in [-0.05, 0) is 23.1 Å². The number of rotatable bonds is 4. The second kappa shape index (κ2) is 5.75. The molecule has 18 heavy (non-hydrogen) atoms. The number of thiophene rings is 1. The quantitative estimate of drug-likeness (QED) is 0.805. The Morgan fingerprint density at radius 1 is 1.06 bits per heavy atom. The highest BCUT2D eigenvalue weighted by atomic mass is 32.2. The molecule has 0 unspecified atom stereocenters. The molecule has 0 saturated heterocycles. The summed E-state index contributed by atoms with van der Waals surface area (Å²) in [7, 11) is -3.53. The largest absolute Gasteiger partial charge is 0.291 e. The van der Waals surface area contributed by atoms with Crippen molar-refractivity contribution in [2.24, 2.45) is 4.40 Å². The maximum Gasteiger partial charge on any atom is 0.291 e. The van der Waals surface area contributed by atoms with Gasteiger partial charge in [-0.3, -0.25) is 0 Å². The highest BCUT2D eigenvalue weighted by molar-refractivity contribution is 7.92. The molecule has 0 saturated carbocycles. The predicted molar refractivity (Wildman–Crippen MR) is 75.5 cm³/mol. The Labute approximate surface area is 110 Å². The highest BCUT2D eigenvalue weighted by Gasteiger charge is 2.11. The van der Waals surface area contributed by atoms with Gasteiger partial charge in [0, 0.05) is 6.21 Å². The summed E-state index contributed by atoms with van der Waals surface area (Å²) in [6.45, 7) is 0. The van der Waals surface area contributed by atoms with E-state index < -0.39 is 10.0 Å². The highest BCUT2D eigenvalue weighted by Crippen LogP contribution is 2.17. The van der Waals surface area contributed by atoms with Gasteiger partial charge in [0.05, 0.1) is 0 Å². The van der Waals surface area contributed by atoms with E-state index in [4.69, 9.17) is 0 Å². The molecule has 0 aliphatic carbocycles. The molecule has 0 fully saturated rings. The minimum absolute atomic E-state index is 0.256. The lowest BCUT2D eigenvalue weighted by Crippen LogP contribution is -1.92. The number of nitrogens with zero attached hydrogens (tertiary/aromatic N) is 1. The molecule has 5 heteroatoms. The van der Waals surface area contributed by atoms with Crippen LogP contribution >= 0.6 is 11.3 Å². The second-order valence-electron chi connectivity index (χ2n) is 3.43. The molecular formula is C13H11NO2S2. The van der Waals surface area contributed by atoms with Gasteiger partial charge < -0.3 is 0 Å². The van der Waals surface area contributed by atoms with Gasteiger partial charge in [0.1, 0.15) is 4.21 Å². The van der Waals surface area contributed by atoms with Gasteiger partial charge in [-0.2, -0.15) is 12.8 Å². The first-order valence-corrected chi connectivity index (χ1v) is 7.56. The van der Waals surface area contributed by atoms with E-state index in [0.29, 0.717) is 0 Å². The first-order chi connectivity index (χ1) is 8.68. The molecule has 1 heterocycles. The molecule has 0 atom stereocenters. The maximum absolute atomic E-state index is 11.7. The SMILES string of the molecule is O=S(=O)(/N=C/C=C/c1ccccc1)c1cccs1. The molecule has 0 N–H and O–H groups in total. The third kappa shape index (κ3) is 3.38. The first-order valence-electron chi connectivity index (χ1n) is 5.24. The van der Waals surface area contributed by atoms with Gasteiger partial charge in [0.2, 0.25) is 0 Å². The van der Waals surface area contributed by atoms with E-state index in [1.54, 1.807) is 23.6 Å². The van der Waals surface area contributed by atoms with Crippen LogP contribution in [0.15, 0.2) is 62.5 Å². The summed E-state index contributed by atoms with van der Waals surface area (Å²) in [4.78, 5) is 0. The van der Waals surface area contributed by atoms with Crippen molar-refractivity contribution in [1.82, 2.24) is 0 Å². The van der Waals surface area contributed by atoms with Gasteiger partial charge >= 0.3 is 0 Å². The van der Waals surface area contributed by atoms with E-state index in [0.717, 1.165) is 16.9 Å². The Hall–Kier alpha value is -1.72. The molecule has 0 aliphatic rings. The third-order valence-corrected chi connectivity index (χ3v) is 4.75. The van der Waals surface area contributed by atoms with Crippen molar-refractivity contribution in [3.63, 3.8) is 0 Å². The zero-order valence-corrected chi connectivity index (χ0v) is 11.1. The Bertz CT molecular complexity index is 642. The first kappa shape index (κ1) is 12.7. The minimum atomic E-state index is -3.53. The van der Waals surface area contributed by atoms with Gasteiger partial charge in [-0.25, -0.2) is 0 Å². The Balaban J connectivity index is 2.07. The molecule has 0 bridgehead atoms. The van der Waals surface area contributed by atoms with Crippen LogP contribution in [0.2, 0.25) is 0 Å². The molecule has 92 valence electrons. The molecule has 1 aromatic carbocycles. The number of allylic oxidation sites excluding steroid dienone is 1. The Morgan fingerprint density at radius 3 is 2.50 bits per heavy atom. The third-order valence-electron chi connectivity index (χ3n) is 2.12. The fourth-order valence-corrected chi connectivity index (χ4v) is 3.11. The minimum Gasteiger partial charge on any atom is -0.198 e. The topological polar surface area (TPSA) is 46.5 Å². The summed E-state index contributed by atoms with van der Waals surface area (Å²) >= 11 is 1.16. The van der Waals surface area contributed by atoms with E-state index in [2.05, 4.69) is 4.40 Å². The zero-order valence-electron chi connectivity index (χ0n) is 9.43. The standard InChI is InChI=1S/C13H11NO2S2/c15-18(16,13-9-5-11-17-13)14-10-4-8-12-6-2-1-3-7-12/h1-11H/b8-4+,14-10+. The summed E-state index contributed by atoms with van der Waals surface area (Å²) in [5, 5.41) is 1.71. The Kier molecular flexibility index (Phi) is 4.07. The van der Waals surface area contributed by atoms with Crippen LogP contribution in [0.4, 0.5) is 0 Å². The van der Waals surface area contributed by atoms with Crippen LogP contribution in [0.3, 0.4) is 0 Å². The molecule has 0 aliphatic heterocycles. The van der Waals surface area contributed by atoms with Crippen molar-refractivity contribution in [2.75, 3.05) is 0 Å². The molecule has 2 aromatic rings. The van der Waals surface area contributed by atoms with Gasteiger partial charge in [0.15, 0.2) is 0 Å². The number of sulfonamides is 1. The average molecular weight is 277 g/mol. The van der Waals surface area contributed by atoms with Gasteiger partial charge in [-0.15, -0.1) is 11.3 Å². The number of hydrogen-bond donors (Lipinski definition) is 0. The number of hydrogen-bond acceptors (Lipinski definition) is 3. The lowest BCUT2D eigenvalue weighted by Gasteiger charge is -1.91. The predicted octanol–water partition coefficient (Wildman–Crippen LogP) is 3.22. The van der Waals surface area contributed by atoms with Crippen LogP contribution in [-0.4, -0.2) is 14.6 Å². The lowest BCUT2D eigenvalue weighted by atomic mass is 10.2. The average Bonchev–Trinajstić information content (AvgIpc) is 2.91. The molecule has 0 amide bonds. The van der Waals surface area contributed by atoms with Gasteiger partial charge in [0.25, 0.3) is 10.0 Å². The Morgan fingerprint density at radius 2 is 1.83 bits per heavy atom. The smallest absolute Gasteiger partial charge is 0.198 e.